The molecule has 1 atom stereocenters. The summed E-state index contributed by atoms with van der Waals surface area (Å²) in [7, 11) is 0. The third-order valence-electron chi connectivity index (χ3n) is 2.55. The molecule has 0 amide bonds. The van der Waals surface area contributed by atoms with E-state index < -0.39 is 0 Å². The van der Waals surface area contributed by atoms with Gasteiger partial charge in [0, 0.05) is 6.20 Å². The zero-order valence-corrected chi connectivity index (χ0v) is 9.59. The van der Waals surface area contributed by atoms with Crippen molar-refractivity contribution in [2.45, 2.75) is 13.0 Å². The van der Waals surface area contributed by atoms with Gasteiger partial charge in [-0.2, -0.15) is 5.26 Å². The molecular weight excluding hydrogens is 210 g/mol. The molecule has 2 rings (SSSR count). The van der Waals surface area contributed by atoms with Crippen molar-refractivity contribution in [3.8, 4) is 6.07 Å². The van der Waals surface area contributed by atoms with Gasteiger partial charge >= 0.3 is 0 Å². The molecule has 2 aromatic rings. The lowest BCUT2D eigenvalue weighted by Gasteiger charge is -2.15. The number of rotatable bonds is 3. The maximum absolute atomic E-state index is 9.00. The third-order valence-corrected chi connectivity index (χ3v) is 2.55. The fourth-order valence-corrected chi connectivity index (χ4v) is 1.65. The second-order valence-electron chi connectivity index (χ2n) is 3.78. The molecule has 0 aliphatic rings. The highest BCUT2D eigenvalue weighted by atomic mass is 14.9. The summed E-state index contributed by atoms with van der Waals surface area (Å²) in [5.74, 6) is 0. The highest BCUT2D eigenvalue weighted by Crippen LogP contribution is 2.20. The van der Waals surface area contributed by atoms with Gasteiger partial charge in [-0.25, -0.2) is 0 Å². The number of benzene rings is 1. The average molecular weight is 223 g/mol. The number of nitrogens with zero attached hydrogens (tertiary/aromatic N) is 2. The van der Waals surface area contributed by atoms with Crippen LogP contribution in [-0.4, -0.2) is 4.98 Å². The van der Waals surface area contributed by atoms with Gasteiger partial charge < -0.3 is 5.32 Å². The Balaban J connectivity index is 2.19. The van der Waals surface area contributed by atoms with Crippen molar-refractivity contribution in [2.24, 2.45) is 0 Å². The summed E-state index contributed by atoms with van der Waals surface area (Å²) in [4.78, 5) is 4.28. The molecule has 3 heteroatoms. The predicted molar refractivity (Wildman–Crippen MR) is 67.4 cm³/mol. The van der Waals surface area contributed by atoms with Gasteiger partial charge in [0.1, 0.15) is 6.07 Å². The molecule has 84 valence electrons. The summed E-state index contributed by atoms with van der Waals surface area (Å²) in [6, 6.07) is 15.5. The minimum absolute atomic E-state index is 0.0747. The Morgan fingerprint density at radius 2 is 1.94 bits per heavy atom. The minimum Gasteiger partial charge on any atom is -0.376 e. The molecular formula is C14H13N3. The molecule has 1 aromatic heterocycles. The summed E-state index contributed by atoms with van der Waals surface area (Å²) in [5, 5.41) is 12.3. The first-order valence-corrected chi connectivity index (χ1v) is 5.48. The van der Waals surface area contributed by atoms with E-state index in [2.05, 4.69) is 16.4 Å². The first-order valence-electron chi connectivity index (χ1n) is 5.48. The smallest absolute Gasteiger partial charge is 0.101 e. The molecule has 0 fully saturated rings. The zero-order chi connectivity index (χ0) is 12.1. The van der Waals surface area contributed by atoms with Crippen LogP contribution in [0.4, 0.5) is 5.69 Å². The van der Waals surface area contributed by atoms with Crippen LogP contribution >= 0.6 is 0 Å². The van der Waals surface area contributed by atoms with Crippen LogP contribution in [-0.2, 0) is 0 Å². The molecule has 0 saturated carbocycles. The van der Waals surface area contributed by atoms with Crippen LogP contribution in [0.15, 0.2) is 48.7 Å². The standard InChI is InChI=1S/C14H13N3/c1-11(13-7-4-5-9-16-13)17-14-8-3-2-6-12(14)10-15/h2-9,11,17H,1H3. The first kappa shape index (κ1) is 11.2. The number of anilines is 1. The number of hydrogen-bond acceptors (Lipinski definition) is 3. The van der Waals surface area contributed by atoms with Crippen molar-refractivity contribution in [3.63, 3.8) is 0 Å². The van der Waals surface area contributed by atoms with Gasteiger partial charge in [-0.15, -0.1) is 0 Å². The van der Waals surface area contributed by atoms with Crippen molar-refractivity contribution >= 4 is 5.69 Å². The molecule has 3 nitrogen and oxygen atoms in total. The molecule has 0 saturated heterocycles. The van der Waals surface area contributed by atoms with E-state index in [9.17, 15) is 0 Å². The Hall–Kier alpha value is -2.34. The maximum Gasteiger partial charge on any atom is 0.101 e. The number of aromatic nitrogens is 1. The molecule has 1 aromatic carbocycles. The van der Waals surface area contributed by atoms with Crippen molar-refractivity contribution in [1.82, 2.24) is 4.98 Å². The maximum atomic E-state index is 9.00. The van der Waals surface area contributed by atoms with Crippen molar-refractivity contribution in [3.05, 3.63) is 59.9 Å². The minimum atomic E-state index is 0.0747. The first-order chi connectivity index (χ1) is 8.31. The van der Waals surface area contributed by atoms with Gasteiger partial charge in [-0.05, 0) is 31.2 Å². The summed E-state index contributed by atoms with van der Waals surface area (Å²) in [6.07, 6.45) is 1.77. The Morgan fingerprint density at radius 1 is 1.18 bits per heavy atom. The van der Waals surface area contributed by atoms with Gasteiger partial charge in [-0.1, -0.05) is 18.2 Å². The van der Waals surface area contributed by atoms with Gasteiger partial charge in [0.05, 0.1) is 23.0 Å². The van der Waals surface area contributed by atoms with E-state index in [1.165, 1.54) is 0 Å². The van der Waals surface area contributed by atoms with Gasteiger partial charge in [0.15, 0.2) is 0 Å². The molecule has 0 aliphatic carbocycles. The van der Waals surface area contributed by atoms with E-state index in [1.807, 2.05) is 43.3 Å². The molecule has 0 aliphatic heterocycles. The highest BCUT2D eigenvalue weighted by molar-refractivity contribution is 5.57. The molecule has 0 spiro atoms. The van der Waals surface area contributed by atoms with Crippen LogP contribution < -0.4 is 5.32 Å². The third kappa shape index (κ3) is 2.61. The molecule has 0 bridgehead atoms. The van der Waals surface area contributed by atoms with E-state index in [-0.39, 0.29) is 6.04 Å². The lowest BCUT2D eigenvalue weighted by molar-refractivity contribution is 0.839. The fourth-order valence-electron chi connectivity index (χ4n) is 1.65. The quantitative estimate of drug-likeness (QED) is 0.869. The van der Waals surface area contributed by atoms with Crippen LogP contribution in [0.1, 0.15) is 24.2 Å². The summed E-state index contributed by atoms with van der Waals surface area (Å²) in [6.45, 7) is 2.02. The number of pyridine rings is 1. The number of nitrogens with one attached hydrogen (secondary N) is 1. The van der Waals surface area contributed by atoms with Gasteiger partial charge in [-0.3, -0.25) is 4.98 Å². The predicted octanol–water partition coefficient (Wildman–Crippen LogP) is 3.13. The number of nitriles is 1. The summed E-state index contributed by atoms with van der Waals surface area (Å²) >= 11 is 0. The lowest BCUT2D eigenvalue weighted by atomic mass is 10.1. The average Bonchev–Trinajstić information content (AvgIpc) is 2.40. The van der Waals surface area contributed by atoms with E-state index in [4.69, 9.17) is 5.26 Å². The summed E-state index contributed by atoms with van der Waals surface area (Å²) < 4.78 is 0. The van der Waals surface area contributed by atoms with E-state index >= 15 is 0 Å². The molecule has 1 N–H and O–H groups in total. The summed E-state index contributed by atoms with van der Waals surface area (Å²) in [5.41, 5.74) is 2.45. The van der Waals surface area contributed by atoms with Crippen LogP contribution in [0.5, 0.6) is 0 Å². The van der Waals surface area contributed by atoms with Crippen LogP contribution in [0.25, 0.3) is 0 Å². The second-order valence-corrected chi connectivity index (χ2v) is 3.78. The van der Waals surface area contributed by atoms with Gasteiger partial charge in [0.25, 0.3) is 0 Å². The Labute approximate surface area is 101 Å². The Morgan fingerprint density at radius 3 is 2.65 bits per heavy atom. The largest absolute Gasteiger partial charge is 0.376 e. The van der Waals surface area contributed by atoms with Gasteiger partial charge in [0.2, 0.25) is 0 Å². The SMILES string of the molecule is CC(Nc1ccccc1C#N)c1ccccn1. The van der Waals surface area contributed by atoms with Crippen LogP contribution in [0.2, 0.25) is 0 Å². The topological polar surface area (TPSA) is 48.7 Å². The van der Waals surface area contributed by atoms with Crippen molar-refractivity contribution < 1.29 is 0 Å². The van der Waals surface area contributed by atoms with Crippen molar-refractivity contribution in [1.29, 1.82) is 5.26 Å². The van der Waals surface area contributed by atoms with Crippen molar-refractivity contribution in [2.75, 3.05) is 5.32 Å². The van der Waals surface area contributed by atoms with E-state index in [1.54, 1.807) is 12.3 Å². The molecule has 17 heavy (non-hydrogen) atoms. The number of hydrogen-bond donors (Lipinski definition) is 1. The molecule has 1 unspecified atom stereocenters. The highest BCUT2D eigenvalue weighted by Gasteiger charge is 2.08. The lowest BCUT2D eigenvalue weighted by Crippen LogP contribution is -2.09. The molecule has 0 radical (unpaired) electrons. The number of para-hydroxylation sites is 1. The van der Waals surface area contributed by atoms with Crippen LogP contribution in [0.3, 0.4) is 0 Å². The second kappa shape index (κ2) is 5.13. The Bertz CT molecular complexity index is 529. The van der Waals surface area contributed by atoms with Crippen LogP contribution in [0, 0.1) is 11.3 Å². The Kier molecular flexibility index (Phi) is 3.37. The normalized spacial score (nSPS) is 11.5. The molecule has 1 heterocycles. The monoisotopic (exact) mass is 223 g/mol. The fraction of sp³-hybridized carbons (Fsp3) is 0.143. The van der Waals surface area contributed by atoms with E-state index in [0.717, 1.165) is 11.4 Å². The zero-order valence-electron chi connectivity index (χ0n) is 9.59. The van der Waals surface area contributed by atoms with E-state index in [0.29, 0.717) is 5.56 Å².